The van der Waals surface area contributed by atoms with Crippen LogP contribution in [0.4, 0.5) is 16.4 Å². The number of fused-ring (bicyclic) bond motifs is 1. The van der Waals surface area contributed by atoms with Crippen molar-refractivity contribution in [3.05, 3.63) is 35.5 Å². The van der Waals surface area contributed by atoms with Crippen molar-refractivity contribution in [3.8, 4) is 11.3 Å². The number of anilines is 2. The standard InChI is InChI=1S/C23H29N7O3/c1-14-13-33-9-8-30(14)22-27-19-11-29(12-20(24)31)10-18(19)21(28-22)15-2-4-16(5-3-15)25-23(32)26-17-6-7-17/h2-5,14,17H,6-13H2,1H3,(H2,24,31)(H2,25,26,32)/t14-/m0/s1. The minimum atomic E-state index is -0.362. The third-order valence-electron chi connectivity index (χ3n) is 6.17. The number of hydrogen-bond acceptors (Lipinski definition) is 7. The van der Waals surface area contributed by atoms with Crippen molar-refractivity contribution in [2.75, 3.05) is 36.5 Å². The van der Waals surface area contributed by atoms with Crippen LogP contribution in [0.3, 0.4) is 0 Å². The highest BCUT2D eigenvalue weighted by atomic mass is 16.5. The van der Waals surface area contributed by atoms with E-state index in [9.17, 15) is 9.59 Å². The molecule has 0 bridgehead atoms. The Morgan fingerprint density at radius 1 is 1.18 bits per heavy atom. The van der Waals surface area contributed by atoms with Gasteiger partial charge < -0.3 is 26.0 Å². The number of carbonyl (C=O) groups is 2. The molecule has 33 heavy (non-hydrogen) atoms. The first-order valence-corrected chi connectivity index (χ1v) is 11.4. The van der Waals surface area contributed by atoms with Crippen molar-refractivity contribution < 1.29 is 14.3 Å². The largest absolute Gasteiger partial charge is 0.377 e. The second-order valence-electron chi connectivity index (χ2n) is 8.98. The molecule has 4 N–H and O–H groups in total. The number of hydrogen-bond donors (Lipinski definition) is 3. The third-order valence-corrected chi connectivity index (χ3v) is 6.17. The predicted molar refractivity (Wildman–Crippen MR) is 124 cm³/mol. The first-order chi connectivity index (χ1) is 16.0. The molecular formula is C23H29N7O3. The molecule has 1 saturated carbocycles. The van der Waals surface area contributed by atoms with Gasteiger partial charge in [0.2, 0.25) is 11.9 Å². The molecule has 10 nitrogen and oxygen atoms in total. The number of urea groups is 1. The van der Waals surface area contributed by atoms with Gasteiger partial charge in [0.25, 0.3) is 0 Å². The molecule has 1 aromatic carbocycles. The van der Waals surface area contributed by atoms with E-state index in [1.807, 2.05) is 29.2 Å². The van der Waals surface area contributed by atoms with Crippen LogP contribution in [0.15, 0.2) is 24.3 Å². The molecule has 2 aromatic rings. The maximum absolute atomic E-state index is 12.0. The monoisotopic (exact) mass is 451 g/mol. The van der Waals surface area contributed by atoms with E-state index in [0.29, 0.717) is 38.3 Å². The Hall–Kier alpha value is -3.24. The zero-order chi connectivity index (χ0) is 22.9. The van der Waals surface area contributed by atoms with Crippen molar-refractivity contribution in [2.24, 2.45) is 5.73 Å². The fourth-order valence-electron chi connectivity index (χ4n) is 4.32. The van der Waals surface area contributed by atoms with Crippen LogP contribution >= 0.6 is 0 Å². The fraction of sp³-hybridized carbons (Fsp3) is 0.478. The highest BCUT2D eigenvalue weighted by Gasteiger charge is 2.30. The number of nitrogens with two attached hydrogens (primary N) is 1. The van der Waals surface area contributed by atoms with E-state index in [4.69, 9.17) is 20.4 Å². The Morgan fingerprint density at radius 2 is 1.97 bits per heavy atom. The maximum Gasteiger partial charge on any atom is 0.319 e. The van der Waals surface area contributed by atoms with Gasteiger partial charge in [0, 0.05) is 42.5 Å². The lowest BCUT2D eigenvalue weighted by Crippen LogP contribution is -2.44. The van der Waals surface area contributed by atoms with Crippen molar-refractivity contribution in [3.63, 3.8) is 0 Å². The number of amides is 3. The normalized spacial score (nSPS) is 20.4. The number of aromatic nitrogens is 2. The first-order valence-electron chi connectivity index (χ1n) is 11.4. The van der Waals surface area contributed by atoms with Crippen LogP contribution in [0, 0.1) is 0 Å². The molecule has 0 unspecified atom stereocenters. The molecule has 1 saturated heterocycles. The maximum atomic E-state index is 12.0. The summed E-state index contributed by atoms with van der Waals surface area (Å²) in [5.41, 5.74) is 9.86. The van der Waals surface area contributed by atoms with Crippen LogP contribution in [0.2, 0.25) is 0 Å². The van der Waals surface area contributed by atoms with Crippen molar-refractivity contribution in [1.29, 1.82) is 0 Å². The Kier molecular flexibility index (Phi) is 5.86. The number of primary amides is 1. The Morgan fingerprint density at radius 3 is 2.67 bits per heavy atom. The van der Waals surface area contributed by atoms with Crippen molar-refractivity contribution in [2.45, 2.75) is 44.9 Å². The molecular weight excluding hydrogens is 422 g/mol. The number of ether oxygens (including phenoxy) is 1. The van der Waals surface area contributed by atoms with Gasteiger partial charge in [-0.2, -0.15) is 0 Å². The van der Waals surface area contributed by atoms with Crippen LogP contribution in [-0.4, -0.2) is 65.2 Å². The lowest BCUT2D eigenvalue weighted by Gasteiger charge is -2.33. The molecule has 3 amide bonds. The minimum absolute atomic E-state index is 0.171. The zero-order valence-corrected chi connectivity index (χ0v) is 18.7. The summed E-state index contributed by atoms with van der Waals surface area (Å²) in [4.78, 5) is 37.5. The zero-order valence-electron chi connectivity index (χ0n) is 18.7. The van der Waals surface area contributed by atoms with Gasteiger partial charge in [0.15, 0.2) is 0 Å². The lowest BCUT2D eigenvalue weighted by molar-refractivity contribution is -0.119. The minimum Gasteiger partial charge on any atom is -0.377 e. The van der Waals surface area contributed by atoms with Crippen molar-refractivity contribution >= 4 is 23.6 Å². The first kappa shape index (κ1) is 21.6. The molecule has 174 valence electrons. The highest BCUT2D eigenvalue weighted by molar-refractivity contribution is 5.90. The average Bonchev–Trinajstić information content (AvgIpc) is 3.50. The topological polar surface area (TPSA) is 126 Å². The Balaban J connectivity index is 1.44. The third kappa shape index (κ3) is 4.91. The summed E-state index contributed by atoms with van der Waals surface area (Å²) < 4.78 is 5.58. The smallest absolute Gasteiger partial charge is 0.319 e. The molecule has 2 fully saturated rings. The van der Waals surface area contributed by atoms with E-state index < -0.39 is 0 Å². The van der Waals surface area contributed by atoms with Crippen LogP contribution < -0.4 is 21.3 Å². The molecule has 0 radical (unpaired) electrons. The highest BCUT2D eigenvalue weighted by Crippen LogP contribution is 2.33. The summed E-state index contributed by atoms with van der Waals surface area (Å²) in [5.74, 6) is 0.311. The van der Waals surface area contributed by atoms with Gasteiger partial charge in [-0.3, -0.25) is 9.69 Å². The van der Waals surface area contributed by atoms with E-state index in [0.717, 1.165) is 47.6 Å². The summed E-state index contributed by atoms with van der Waals surface area (Å²) in [5, 5.41) is 5.80. The fourth-order valence-corrected chi connectivity index (χ4v) is 4.32. The molecule has 3 aliphatic rings. The number of nitrogens with zero attached hydrogens (tertiary/aromatic N) is 4. The molecule has 1 aliphatic carbocycles. The van der Waals surface area contributed by atoms with Gasteiger partial charge in [-0.05, 0) is 31.9 Å². The second kappa shape index (κ2) is 8.95. The molecule has 0 spiro atoms. The van der Waals surface area contributed by atoms with Gasteiger partial charge in [-0.1, -0.05) is 12.1 Å². The summed E-state index contributed by atoms with van der Waals surface area (Å²) in [6.45, 7) is 5.39. The molecule has 2 aliphatic heterocycles. The number of rotatable bonds is 6. The molecule has 1 aromatic heterocycles. The van der Waals surface area contributed by atoms with Crippen molar-refractivity contribution in [1.82, 2.24) is 20.2 Å². The Labute approximate surface area is 192 Å². The van der Waals surface area contributed by atoms with E-state index in [1.54, 1.807) is 0 Å². The summed E-state index contributed by atoms with van der Waals surface area (Å²) in [6.07, 6.45) is 2.09. The van der Waals surface area contributed by atoms with Crippen LogP contribution in [0.25, 0.3) is 11.3 Å². The second-order valence-corrected chi connectivity index (χ2v) is 8.98. The van der Waals surface area contributed by atoms with Gasteiger partial charge in [0.05, 0.1) is 37.2 Å². The summed E-state index contributed by atoms with van der Waals surface area (Å²) >= 11 is 0. The van der Waals surface area contributed by atoms with Gasteiger partial charge >= 0.3 is 6.03 Å². The van der Waals surface area contributed by atoms with E-state index in [-0.39, 0.29) is 24.5 Å². The summed E-state index contributed by atoms with van der Waals surface area (Å²) in [6, 6.07) is 7.96. The van der Waals surface area contributed by atoms with E-state index in [1.165, 1.54) is 0 Å². The van der Waals surface area contributed by atoms with Crippen LogP contribution in [0.5, 0.6) is 0 Å². The predicted octanol–water partition coefficient (Wildman–Crippen LogP) is 1.45. The molecule has 1 atom stereocenters. The average molecular weight is 452 g/mol. The van der Waals surface area contributed by atoms with Gasteiger partial charge in [0.1, 0.15) is 0 Å². The number of nitrogens with one attached hydrogen (secondary N) is 2. The van der Waals surface area contributed by atoms with E-state index in [2.05, 4.69) is 22.5 Å². The number of benzene rings is 1. The van der Waals surface area contributed by atoms with E-state index >= 15 is 0 Å². The number of carbonyl (C=O) groups excluding carboxylic acids is 2. The SMILES string of the molecule is C[C@H]1COCCN1c1nc2c(c(-c3ccc(NC(=O)NC4CC4)cc3)n1)CN(CC(N)=O)C2. The molecule has 3 heterocycles. The lowest BCUT2D eigenvalue weighted by atomic mass is 10.1. The summed E-state index contributed by atoms with van der Waals surface area (Å²) in [7, 11) is 0. The van der Waals surface area contributed by atoms with Crippen LogP contribution in [0.1, 0.15) is 31.0 Å². The van der Waals surface area contributed by atoms with Gasteiger partial charge in [-0.15, -0.1) is 0 Å². The van der Waals surface area contributed by atoms with Gasteiger partial charge in [-0.25, -0.2) is 14.8 Å². The molecule has 5 rings (SSSR count). The Bertz CT molecular complexity index is 1050. The molecule has 10 heteroatoms. The number of morpholine rings is 1. The van der Waals surface area contributed by atoms with Crippen LogP contribution in [-0.2, 0) is 22.6 Å². The quantitative estimate of drug-likeness (QED) is 0.607.